The van der Waals surface area contributed by atoms with Gasteiger partial charge in [-0.15, -0.1) is 0 Å². The number of nitrogens with one attached hydrogen (secondary N) is 1. The first-order valence-electron chi connectivity index (χ1n) is 7.43. The summed E-state index contributed by atoms with van der Waals surface area (Å²) >= 11 is 6.02. The van der Waals surface area contributed by atoms with Crippen LogP contribution < -0.4 is 10.1 Å². The SMILES string of the molecule is Cc1c(Cl)cccc1OCC(=O)N1CCC(C)(NCC(=O)O)C1. The van der Waals surface area contributed by atoms with E-state index in [1.807, 2.05) is 13.8 Å². The molecule has 1 heterocycles. The van der Waals surface area contributed by atoms with Crippen molar-refractivity contribution >= 4 is 23.5 Å². The van der Waals surface area contributed by atoms with E-state index in [1.54, 1.807) is 23.1 Å². The van der Waals surface area contributed by atoms with Crippen LogP contribution in [0.3, 0.4) is 0 Å². The molecule has 6 nitrogen and oxygen atoms in total. The summed E-state index contributed by atoms with van der Waals surface area (Å²) < 4.78 is 5.57. The Kier molecular flexibility index (Phi) is 5.49. The average molecular weight is 341 g/mol. The zero-order valence-electron chi connectivity index (χ0n) is 13.3. The molecule has 0 spiro atoms. The van der Waals surface area contributed by atoms with Crippen molar-refractivity contribution in [3.05, 3.63) is 28.8 Å². The molecule has 2 rings (SSSR count). The Balaban J connectivity index is 1.87. The van der Waals surface area contributed by atoms with Gasteiger partial charge in [0, 0.05) is 29.2 Å². The van der Waals surface area contributed by atoms with Crippen molar-refractivity contribution in [1.29, 1.82) is 0 Å². The van der Waals surface area contributed by atoms with Crippen LogP contribution in [0.4, 0.5) is 0 Å². The fraction of sp³-hybridized carbons (Fsp3) is 0.500. The largest absolute Gasteiger partial charge is 0.483 e. The molecule has 1 aromatic rings. The number of hydrogen-bond donors (Lipinski definition) is 2. The fourth-order valence-corrected chi connectivity index (χ4v) is 2.75. The Labute approximate surface area is 140 Å². The third-order valence-corrected chi connectivity index (χ3v) is 4.47. The molecule has 0 saturated carbocycles. The second-order valence-electron chi connectivity index (χ2n) is 6.02. The van der Waals surface area contributed by atoms with Crippen molar-refractivity contribution in [2.45, 2.75) is 25.8 Å². The summed E-state index contributed by atoms with van der Waals surface area (Å²) in [4.78, 5) is 24.6. The summed E-state index contributed by atoms with van der Waals surface area (Å²) in [7, 11) is 0. The molecule has 0 bridgehead atoms. The van der Waals surface area contributed by atoms with Crippen molar-refractivity contribution in [1.82, 2.24) is 10.2 Å². The fourth-order valence-electron chi connectivity index (χ4n) is 2.58. The molecule has 1 fully saturated rings. The lowest BCUT2D eigenvalue weighted by Gasteiger charge is -2.25. The highest BCUT2D eigenvalue weighted by Gasteiger charge is 2.36. The van der Waals surface area contributed by atoms with Crippen LogP contribution in [0.15, 0.2) is 18.2 Å². The van der Waals surface area contributed by atoms with Gasteiger partial charge in [0.1, 0.15) is 5.75 Å². The van der Waals surface area contributed by atoms with E-state index in [9.17, 15) is 9.59 Å². The minimum absolute atomic E-state index is 0.0593. The number of nitrogens with zero attached hydrogens (tertiary/aromatic N) is 1. The van der Waals surface area contributed by atoms with Crippen molar-refractivity contribution < 1.29 is 19.4 Å². The minimum Gasteiger partial charge on any atom is -0.483 e. The Morgan fingerprint density at radius 2 is 2.22 bits per heavy atom. The number of carbonyl (C=O) groups is 2. The normalized spacial score (nSPS) is 20.6. The molecule has 23 heavy (non-hydrogen) atoms. The van der Waals surface area contributed by atoms with Gasteiger partial charge in [-0.3, -0.25) is 14.9 Å². The van der Waals surface area contributed by atoms with Gasteiger partial charge in [-0.2, -0.15) is 0 Å². The van der Waals surface area contributed by atoms with Crippen LogP contribution in [0, 0.1) is 6.92 Å². The molecule has 1 atom stereocenters. The molecule has 0 aromatic heterocycles. The van der Waals surface area contributed by atoms with Gasteiger partial charge >= 0.3 is 5.97 Å². The lowest BCUT2D eigenvalue weighted by molar-refractivity contribution is -0.136. The summed E-state index contributed by atoms with van der Waals surface area (Å²) in [6, 6.07) is 5.32. The predicted molar refractivity (Wildman–Crippen MR) is 86.9 cm³/mol. The van der Waals surface area contributed by atoms with Crippen LogP contribution in [0.25, 0.3) is 0 Å². The predicted octanol–water partition coefficient (Wildman–Crippen LogP) is 1.69. The van der Waals surface area contributed by atoms with Crippen LogP contribution in [0.1, 0.15) is 18.9 Å². The van der Waals surface area contributed by atoms with E-state index in [2.05, 4.69) is 5.32 Å². The highest BCUT2D eigenvalue weighted by Crippen LogP contribution is 2.25. The number of halogens is 1. The van der Waals surface area contributed by atoms with Gasteiger partial charge in [-0.1, -0.05) is 17.7 Å². The van der Waals surface area contributed by atoms with E-state index in [4.69, 9.17) is 21.4 Å². The van der Waals surface area contributed by atoms with Gasteiger partial charge in [-0.05, 0) is 32.4 Å². The van der Waals surface area contributed by atoms with E-state index in [0.717, 1.165) is 5.56 Å². The number of likely N-dealkylation sites (tertiary alicyclic amines) is 1. The highest BCUT2D eigenvalue weighted by molar-refractivity contribution is 6.31. The number of amides is 1. The van der Waals surface area contributed by atoms with Crippen LogP contribution in [-0.2, 0) is 9.59 Å². The summed E-state index contributed by atoms with van der Waals surface area (Å²) in [5.41, 5.74) is 0.427. The number of hydrogen-bond acceptors (Lipinski definition) is 4. The van der Waals surface area contributed by atoms with Gasteiger partial charge in [0.15, 0.2) is 6.61 Å². The van der Waals surface area contributed by atoms with Crippen molar-refractivity contribution in [2.75, 3.05) is 26.2 Å². The molecule has 126 valence electrons. The molecule has 1 aromatic carbocycles. The average Bonchev–Trinajstić information content (AvgIpc) is 2.90. The zero-order valence-corrected chi connectivity index (χ0v) is 14.0. The number of carbonyl (C=O) groups excluding carboxylic acids is 1. The number of ether oxygens (including phenoxy) is 1. The number of carboxylic acid groups (broad SMARTS) is 1. The molecule has 2 N–H and O–H groups in total. The third kappa shape index (κ3) is 4.59. The van der Waals surface area contributed by atoms with Gasteiger partial charge in [0.25, 0.3) is 5.91 Å². The topological polar surface area (TPSA) is 78.9 Å². The standard InChI is InChI=1S/C16H21ClN2O4/c1-11-12(17)4-3-5-13(11)23-9-14(20)19-7-6-16(2,10-19)18-8-15(21)22/h3-5,18H,6-10H2,1-2H3,(H,21,22). The van der Waals surface area contributed by atoms with Crippen molar-refractivity contribution in [3.63, 3.8) is 0 Å². The smallest absolute Gasteiger partial charge is 0.317 e. The molecular weight excluding hydrogens is 320 g/mol. The Hall–Kier alpha value is -1.79. The summed E-state index contributed by atoms with van der Waals surface area (Å²) in [6.45, 7) is 4.64. The number of aliphatic carboxylic acids is 1. The third-order valence-electron chi connectivity index (χ3n) is 4.06. The Morgan fingerprint density at radius 1 is 1.48 bits per heavy atom. The van der Waals surface area contributed by atoms with Crippen LogP contribution in [0.2, 0.25) is 5.02 Å². The molecule has 1 amide bonds. The van der Waals surface area contributed by atoms with Crippen LogP contribution >= 0.6 is 11.6 Å². The monoisotopic (exact) mass is 340 g/mol. The zero-order chi connectivity index (χ0) is 17.0. The highest BCUT2D eigenvalue weighted by atomic mass is 35.5. The molecule has 1 aliphatic rings. The summed E-state index contributed by atoms with van der Waals surface area (Å²) in [5.74, 6) is -0.433. The Bertz CT molecular complexity index is 608. The molecule has 1 unspecified atom stereocenters. The van der Waals surface area contributed by atoms with Crippen molar-refractivity contribution in [2.24, 2.45) is 0 Å². The molecule has 0 aliphatic carbocycles. The van der Waals surface area contributed by atoms with E-state index < -0.39 is 5.97 Å². The van der Waals surface area contributed by atoms with Crippen LogP contribution in [0.5, 0.6) is 5.75 Å². The van der Waals surface area contributed by atoms with Gasteiger partial charge < -0.3 is 14.7 Å². The first kappa shape index (κ1) is 17.6. The number of benzene rings is 1. The molecular formula is C16H21ClN2O4. The van der Waals surface area contributed by atoms with E-state index in [-0.39, 0.29) is 24.6 Å². The summed E-state index contributed by atoms with van der Waals surface area (Å²) in [6.07, 6.45) is 0.711. The second kappa shape index (κ2) is 7.19. The maximum Gasteiger partial charge on any atom is 0.317 e. The van der Waals surface area contributed by atoms with E-state index >= 15 is 0 Å². The molecule has 0 radical (unpaired) electrons. The van der Waals surface area contributed by atoms with Gasteiger partial charge in [0.2, 0.25) is 0 Å². The quantitative estimate of drug-likeness (QED) is 0.824. The molecule has 1 saturated heterocycles. The summed E-state index contributed by atoms with van der Waals surface area (Å²) in [5, 5.41) is 12.3. The first-order chi connectivity index (χ1) is 10.8. The first-order valence-corrected chi connectivity index (χ1v) is 7.81. The van der Waals surface area contributed by atoms with Crippen LogP contribution in [-0.4, -0.2) is 53.7 Å². The maximum atomic E-state index is 12.3. The van der Waals surface area contributed by atoms with Crippen molar-refractivity contribution in [3.8, 4) is 5.75 Å². The van der Waals surface area contributed by atoms with Gasteiger partial charge in [-0.25, -0.2) is 0 Å². The maximum absolute atomic E-state index is 12.3. The molecule has 7 heteroatoms. The van der Waals surface area contributed by atoms with E-state index in [1.165, 1.54) is 0 Å². The number of rotatable bonds is 6. The second-order valence-corrected chi connectivity index (χ2v) is 6.43. The lowest BCUT2D eigenvalue weighted by Crippen LogP contribution is -2.48. The van der Waals surface area contributed by atoms with E-state index in [0.29, 0.717) is 30.3 Å². The Morgan fingerprint density at radius 3 is 2.91 bits per heavy atom. The minimum atomic E-state index is -0.907. The van der Waals surface area contributed by atoms with Gasteiger partial charge in [0.05, 0.1) is 6.54 Å². The number of carboxylic acids is 1. The lowest BCUT2D eigenvalue weighted by atomic mass is 10.0. The molecule has 1 aliphatic heterocycles.